The van der Waals surface area contributed by atoms with Crippen molar-refractivity contribution in [2.45, 2.75) is 37.9 Å². The van der Waals surface area contributed by atoms with Crippen LogP contribution in [-0.2, 0) is 24.2 Å². The van der Waals surface area contributed by atoms with E-state index in [9.17, 15) is 9.59 Å². The molecule has 0 saturated carbocycles. The molecule has 0 spiro atoms. The van der Waals surface area contributed by atoms with Crippen LogP contribution in [0.15, 0.2) is 26.8 Å². The predicted octanol–water partition coefficient (Wildman–Crippen LogP) is 3.92. The number of aromatic amines is 1. The Morgan fingerprint density at radius 2 is 2.33 bits per heavy atom. The van der Waals surface area contributed by atoms with Gasteiger partial charge in [-0.2, -0.15) is 11.3 Å². The lowest BCUT2D eigenvalue weighted by atomic mass is 9.89. The molecule has 3 aromatic heterocycles. The first-order chi connectivity index (χ1) is 13.0. The number of carbonyl (C=O) groups is 1. The molecule has 8 heteroatoms. The number of nitrogens with one attached hydrogen (secondary N) is 1. The maximum Gasteiger partial charge on any atom is 0.260 e. The summed E-state index contributed by atoms with van der Waals surface area (Å²) in [6.07, 6.45) is 3.11. The summed E-state index contributed by atoms with van der Waals surface area (Å²) in [5.74, 6) is 0.945. The highest BCUT2D eigenvalue weighted by molar-refractivity contribution is 7.99. The van der Waals surface area contributed by atoms with Gasteiger partial charge in [0.15, 0.2) is 5.16 Å². The smallest absolute Gasteiger partial charge is 0.260 e. The van der Waals surface area contributed by atoms with E-state index in [4.69, 9.17) is 0 Å². The summed E-state index contributed by atoms with van der Waals surface area (Å²) in [7, 11) is 1.80. The first-order valence-corrected chi connectivity index (χ1v) is 11.7. The van der Waals surface area contributed by atoms with Gasteiger partial charge in [0.05, 0.1) is 11.1 Å². The molecule has 0 saturated heterocycles. The van der Waals surface area contributed by atoms with Gasteiger partial charge in [-0.15, -0.1) is 11.3 Å². The van der Waals surface area contributed by atoms with Crippen LogP contribution >= 0.6 is 34.4 Å². The molecule has 3 heterocycles. The zero-order valence-corrected chi connectivity index (χ0v) is 17.7. The van der Waals surface area contributed by atoms with E-state index in [1.165, 1.54) is 22.2 Å². The monoisotopic (exact) mass is 419 g/mol. The van der Waals surface area contributed by atoms with E-state index < -0.39 is 0 Å². The topological polar surface area (TPSA) is 66.1 Å². The van der Waals surface area contributed by atoms with Crippen LogP contribution in [0.4, 0.5) is 0 Å². The maximum absolute atomic E-state index is 12.6. The van der Waals surface area contributed by atoms with E-state index in [-0.39, 0.29) is 17.2 Å². The highest BCUT2D eigenvalue weighted by Crippen LogP contribution is 2.36. The van der Waals surface area contributed by atoms with Crippen molar-refractivity contribution in [3.8, 4) is 0 Å². The van der Waals surface area contributed by atoms with Crippen molar-refractivity contribution in [2.24, 2.45) is 5.92 Å². The van der Waals surface area contributed by atoms with Crippen molar-refractivity contribution in [3.63, 3.8) is 0 Å². The summed E-state index contributed by atoms with van der Waals surface area (Å²) in [6, 6.07) is 2.02. The number of aryl methyl sites for hydroxylation is 1. The van der Waals surface area contributed by atoms with Crippen molar-refractivity contribution in [1.82, 2.24) is 14.9 Å². The summed E-state index contributed by atoms with van der Waals surface area (Å²) in [4.78, 5) is 36.3. The number of carbonyl (C=O) groups excluding carboxylic acids is 1. The summed E-state index contributed by atoms with van der Waals surface area (Å²) >= 11 is 4.56. The van der Waals surface area contributed by atoms with Crippen LogP contribution in [0.3, 0.4) is 0 Å². The molecular formula is C19H21N3O2S3. The van der Waals surface area contributed by atoms with E-state index >= 15 is 0 Å². The molecule has 0 fully saturated rings. The highest BCUT2D eigenvalue weighted by atomic mass is 32.2. The van der Waals surface area contributed by atoms with Crippen LogP contribution in [0.25, 0.3) is 10.2 Å². The second kappa shape index (κ2) is 7.77. The number of nitrogens with zero attached hydrogens (tertiary/aromatic N) is 2. The number of hydrogen-bond acceptors (Lipinski definition) is 6. The lowest BCUT2D eigenvalue weighted by Crippen LogP contribution is -2.27. The number of fused-ring (bicyclic) bond motifs is 3. The molecule has 0 radical (unpaired) electrons. The number of amides is 1. The molecular weight excluding hydrogens is 398 g/mol. The molecule has 0 bridgehead atoms. The SMILES string of the molecule is C[C@@H]1CCc2c(sc3nc(SCC(=O)N(C)Cc4ccsc4)[nH]c(=O)c23)C1. The first kappa shape index (κ1) is 18.7. The Morgan fingerprint density at radius 3 is 3.11 bits per heavy atom. The van der Waals surface area contributed by atoms with E-state index in [2.05, 4.69) is 16.9 Å². The van der Waals surface area contributed by atoms with Crippen LogP contribution in [0.2, 0.25) is 0 Å². The highest BCUT2D eigenvalue weighted by Gasteiger charge is 2.23. The Bertz CT molecular complexity index is 1020. The summed E-state index contributed by atoms with van der Waals surface area (Å²) in [5, 5.41) is 5.33. The number of H-pyrrole nitrogens is 1. The van der Waals surface area contributed by atoms with Crippen molar-refractivity contribution < 1.29 is 4.79 Å². The summed E-state index contributed by atoms with van der Waals surface area (Å²) in [5.41, 5.74) is 2.24. The number of rotatable bonds is 5. The minimum atomic E-state index is -0.0753. The lowest BCUT2D eigenvalue weighted by molar-refractivity contribution is -0.127. The Morgan fingerprint density at radius 1 is 1.48 bits per heavy atom. The fourth-order valence-electron chi connectivity index (χ4n) is 3.38. The van der Waals surface area contributed by atoms with Gasteiger partial charge in [-0.3, -0.25) is 9.59 Å². The quantitative estimate of drug-likeness (QED) is 0.503. The fraction of sp³-hybridized carbons (Fsp3) is 0.421. The lowest BCUT2D eigenvalue weighted by Gasteiger charge is -2.17. The minimum Gasteiger partial charge on any atom is -0.341 e. The Balaban J connectivity index is 1.48. The predicted molar refractivity (Wildman–Crippen MR) is 113 cm³/mol. The van der Waals surface area contributed by atoms with Crippen molar-refractivity contribution in [2.75, 3.05) is 12.8 Å². The molecule has 1 aliphatic rings. The van der Waals surface area contributed by atoms with E-state index in [0.717, 1.165) is 35.0 Å². The van der Waals surface area contributed by atoms with Gasteiger partial charge in [-0.1, -0.05) is 18.7 Å². The first-order valence-electron chi connectivity index (χ1n) is 8.93. The number of aromatic nitrogens is 2. The van der Waals surface area contributed by atoms with Gasteiger partial charge in [0, 0.05) is 18.5 Å². The standard InChI is InChI=1S/C19H21N3O2S3/c1-11-3-4-13-14(7-11)27-18-16(13)17(24)20-19(21-18)26-10-15(23)22(2)8-12-5-6-25-9-12/h5-6,9,11H,3-4,7-8,10H2,1-2H3,(H,20,21,24)/t11-/m1/s1. The maximum atomic E-state index is 12.6. The molecule has 5 nitrogen and oxygen atoms in total. The average molecular weight is 420 g/mol. The third-order valence-corrected chi connectivity index (χ3v) is 7.64. The fourth-order valence-corrected chi connectivity index (χ4v) is 6.28. The number of hydrogen-bond donors (Lipinski definition) is 1. The Labute approximate surface area is 169 Å². The van der Waals surface area contributed by atoms with Gasteiger partial charge in [0.1, 0.15) is 4.83 Å². The summed E-state index contributed by atoms with van der Waals surface area (Å²) in [6.45, 7) is 2.85. The molecule has 1 atom stereocenters. The van der Waals surface area contributed by atoms with Crippen LogP contribution in [0.1, 0.15) is 29.3 Å². The largest absolute Gasteiger partial charge is 0.341 e. The zero-order valence-electron chi connectivity index (χ0n) is 15.3. The number of thiophene rings is 2. The third-order valence-electron chi connectivity index (χ3n) is 4.90. The molecule has 0 aliphatic heterocycles. The van der Waals surface area contributed by atoms with Gasteiger partial charge in [0.25, 0.3) is 5.56 Å². The molecule has 4 rings (SSSR count). The van der Waals surface area contributed by atoms with Gasteiger partial charge in [0.2, 0.25) is 5.91 Å². The van der Waals surface area contributed by atoms with Crippen LogP contribution < -0.4 is 5.56 Å². The normalized spacial score (nSPS) is 16.4. The number of thioether (sulfide) groups is 1. The molecule has 1 aliphatic carbocycles. The Kier molecular flexibility index (Phi) is 5.39. The Hall–Kier alpha value is -1.64. The molecule has 1 N–H and O–H groups in total. The molecule has 3 aromatic rings. The minimum absolute atomic E-state index is 0.0215. The second-order valence-corrected chi connectivity index (χ2v) is 9.90. The van der Waals surface area contributed by atoms with Crippen molar-refractivity contribution in [1.29, 1.82) is 0 Å². The van der Waals surface area contributed by atoms with E-state index in [0.29, 0.717) is 17.6 Å². The second-order valence-electron chi connectivity index (χ2n) is 7.07. The van der Waals surface area contributed by atoms with E-state index in [1.807, 2.05) is 16.8 Å². The summed E-state index contributed by atoms with van der Waals surface area (Å²) < 4.78 is 0. The zero-order chi connectivity index (χ0) is 19.0. The molecule has 0 unspecified atom stereocenters. The van der Waals surface area contributed by atoms with Crippen LogP contribution in [0, 0.1) is 5.92 Å². The van der Waals surface area contributed by atoms with Crippen molar-refractivity contribution >= 4 is 50.6 Å². The van der Waals surface area contributed by atoms with Gasteiger partial charge >= 0.3 is 0 Å². The molecule has 142 valence electrons. The molecule has 1 amide bonds. The van der Waals surface area contributed by atoms with Gasteiger partial charge in [-0.05, 0) is 53.1 Å². The van der Waals surface area contributed by atoms with Gasteiger partial charge < -0.3 is 9.88 Å². The van der Waals surface area contributed by atoms with Crippen molar-refractivity contribution in [3.05, 3.63) is 43.2 Å². The molecule has 0 aromatic carbocycles. The van der Waals surface area contributed by atoms with Gasteiger partial charge in [-0.25, -0.2) is 4.98 Å². The van der Waals surface area contributed by atoms with Crippen LogP contribution in [-0.4, -0.2) is 33.6 Å². The third kappa shape index (κ3) is 3.97. The van der Waals surface area contributed by atoms with Crippen LogP contribution in [0.5, 0.6) is 0 Å². The molecule has 27 heavy (non-hydrogen) atoms. The average Bonchev–Trinajstić information content (AvgIpc) is 3.26. The van der Waals surface area contributed by atoms with E-state index in [1.54, 1.807) is 34.6 Å².